The molecular weight excluding hydrogens is 439 g/mol. The van der Waals surface area contributed by atoms with Gasteiger partial charge in [0.1, 0.15) is 0 Å². The number of hydrogen-bond acceptors (Lipinski definition) is 8. The first-order valence-corrected chi connectivity index (χ1v) is 9.73. The molecule has 2 unspecified atom stereocenters. The van der Waals surface area contributed by atoms with Gasteiger partial charge in [-0.1, -0.05) is 18.2 Å². The van der Waals surface area contributed by atoms with Gasteiger partial charge < -0.3 is 9.84 Å². The Hall–Kier alpha value is -4.04. The molecular formula is C22H18F3N5O3. The maximum atomic E-state index is 13.3. The summed E-state index contributed by atoms with van der Waals surface area (Å²) in [7, 11) is 1.19. The van der Waals surface area contributed by atoms with Crippen molar-refractivity contribution >= 4 is 17.6 Å². The van der Waals surface area contributed by atoms with Gasteiger partial charge in [0, 0.05) is 11.4 Å². The minimum Gasteiger partial charge on any atom is -0.466 e. The molecule has 2 aromatic rings. The summed E-state index contributed by atoms with van der Waals surface area (Å²) in [6.07, 6.45) is -5.95. The highest BCUT2D eigenvalue weighted by molar-refractivity contribution is 6.06. The average molecular weight is 457 g/mol. The molecule has 0 radical (unpaired) electrons. The molecule has 0 bridgehead atoms. The van der Waals surface area contributed by atoms with Gasteiger partial charge in [-0.05, 0) is 42.8 Å². The van der Waals surface area contributed by atoms with Gasteiger partial charge in [-0.25, -0.2) is 4.79 Å². The smallest absolute Gasteiger partial charge is 0.416 e. The van der Waals surface area contributed by atoms with Crippen LogP contribution in [-0.2, 0) is 15.7 Å². The molecule has 4 rings (SSSR count). The van der Waals surface area contributed by atoms with E-state index in [-0.39, 0.29) is 22.9 Å². The van der Waals surface area contributed by atoms with E-state index in [2.05, 4.69) is 10.5 Å². The first kappa shape index (κ1) is 22.2. The highest BCUT2D eigenvalue weighted by atomic mass is 19.4. The minimum absolute atomic E-state index is 0.0984. The second-order valence-corrected chi connectivity index (χ2v) is 7.33. The maximum absolute atomic E-state index is 13.3. The molecule has 2 aliphatic heterocycles. The number of nitrogens with zero attached hydrogens (tertiary/aromatic N) is 4. The molecule has 170 valence electrons. The molecule has 2 aliphatic rings. The fraction of sp³-hybridized carbons (Fsp3) is 0.227. The number of alkyl halides is 3. The number of fused-ring (bicyclic) bond motifs is 1. The zero-order chi connectivity index (χ0) is 23.9. The summed E-state index contributed by atoms with van der Waals surface area (Å²) in [5, 5.41) is 23.8. The Balaban J connectivity index is 1.93. The lowest BCUT2D eigenvalue weighted by molar-refractivity contribution is -0.138. The molecule has 33 heavy (non-hydrogen) atoms. The van der Waals surface area contributed by atoms with Gasteiger partial charge in [0.25, 0.3) is 0 Å². The zero-order valence-corrected chi connectivity index (χ0v) is 17.5. The van der Waals surface area contributed by atoms with Gasteiger partial charge in [-0.2, -0.15) is 18.4 Å². The highest BCUT2D eigenvalue weighted by Gasteiger charge is 2.47. The molecule has 0 saturated heterocycles. The molecule has 0 spiro atoms. The lowest BCUT2D eigenvalue weighted by Gasteiger charge is -2.43. The summed E-state index contributed by atoms with van der Waals surface area (Å²) in [5.74, 6) is -0.627. The topological polar surface area (TPSA) is 101 Å². The van der Waals surface area contributed by atoms with Gasteiger partial charge in [0.2, 0.25) is 12.3 Å². The van der Waals surface area contributed by atoms with E-state index in [1.54, 1.807) is 31.2 Å². The average Bonchev–Trinajstić information content (AvgIpc) is 3.18. The van der Waals surface area contributed by atoms with Gasteiger partial charge in [-0.15, -0.1) is 5.10 Å². The fourth-order valence-corrected chi connectivity index (χ4v) is 3.94. The van der Waals surface area contributed by atoms with Crippen molar-refractivity contribution in [1.82, 2.24) is 10.3 Å². The number of rotatable bonds is 3. The molecule has 0 fully saturated rings. The van der Waals surface area contributed by atoms with E-state index in [1.165, 1.54) is 29.0 Å². The Labute approximate surface area is 186 Å². The fourth-order valence-electron chi connectivity index (χ4n) is 3.94. The number of aliphatic hydroxyl groups excluding tert-OH is 1. The molecule has 0 aromatic heterocycles. The van der Waals surface area contributed by atoms with Crippen molar-refractivity contribution in [3.8, 4) is 6.07 Å². The van der Waals surface area contributed by atoms with Crippen LogP contribution in [0.1, 0.15) is 29.7 Å². The molecule has 0 saturated carbocycles. The number of hydrazone groups is 1. The first-order valence-electron chi connectivity index (χ1n) is 9.73. The van der Waals surface area contributed by atoms with E-state index in [1.807, 2.05) is 6.07 Å². The second kappa shape index (κ2) is 8.14. The summed E-state index contributed by atoms with van der Waals surface area (Å²) in [5.41, 5.74) is 3.05. The van der Waals surface area contributed by atoms with E-state index in [0.29, 0.717) is 11.1 Å². The Kier molecular flexibility index (Phi) is 5.47. The van der Waals surface area contributed by atoms with E-state index in [4.69, 9.17) is 10.00 Å². The summed E-state index contributed by atoms with van der Waals surface area (Å²) in [4.78, 5) is 15.6. The van der Waals surface area contributed by atoms with Crippen LogP contribution in [0, 0.1) is 11.3 Å². The lowest BCUT2D eigenvalue weighted by atomic mass is 9.92. The molecule has 8 nitrogen and oxygen atoms in total. The van der Waals surface area contributed by atoms with E-state index in [9.17, 15) is 23.1 Å². The predicted octanol–water partition coefficient (Wildman–Crippen LogP) is 3.04. The van der Waals surface area contributed by atoms with Gasteiger partial charge in [-0.3, -0.25) is 15.2 Å². The number of nitrogens with one attached hydrogen (secondary N) is 1. The van der Waals surface area contributed by atoms with Gasteiger partial charge in [0.05, 0.1) is 35.9 Å². The number of anilines is 1. The van der Waals surface area contributed by atoms with Crippen LogP contribution in [0.25, 0.3) is 0 Å². The van der Waals surface area contributed by atoms with Crippen LogP contribution in [0.3, 0.4) is 0 Å². The Morgan fingerprint density at radius 2 is 1.94 bits per heavy atom. The van der Waals surface area contributed by atoms with Crippen LogP contribution in [0.15, 0.2) is 64.9 Å². The maximum Gasteiger partial charge on any atom is 0.416 e. The largest absolute Gasteiger partial charge is 0.466 e. The standard InChI is InChI=1S/C22H18F3N5O3/c1-12-17(19(31)33-2)18(14-8-6-13(11-26)7-9-14)30-20(27-28-21(30)32)29(12)16-5-3-4-15(10-16)22(23,24)25/h3-10,18,21,28,32H,1-2H3. The number of esters is 1. The molecule has 2 heterocycles. The minimum atomic E-state index is -4.57. The summed E-state index contributed by atoms with van der Waals surface area (Å²) in [6.45, 7) is 1.56. The molecule has 0 amide bonds. The van der Waals surface area contributed by atoms with Crippen molar-refractivity contribution in [3.63, 3.8) is 0 Å². The number of carbonyl (C=O) groups excluding carboxylic acids is 1. The van der Waals surface area contributed by atoms with Crippen molar-refractivity contribution in [2.75, 3.05) is 12.0 Å². The van der Waals surface area contributed by atoms with Crippen LogP contribution in [-0.4, -0.2) is 35.4 Å². The lowest BCUT2D eigenvalue weighted by Crippen LogP contribution is -2.53. The van der Waals surface area contributed by atoms with Crippen molar-refractivity contribution in [2.24, 2.45) is 5.10 Å². The third-order valence-electron chi connectivity index (χ3n) is 5.44. The number of hydrogen-bond donors (Lipinski definition) is 2. The van der Waals surface area contributed by atoms with E-state index >= 15 is 0 Å². The number of methoxy groups -OCH3 is 1. The molecule has 2 atom stereocenters. The molecule has 2 N–H and O–H groups in total. The number of benzene rings is 2. The van der Waals surface area contributed by atoms with E-state index in [0.717, 1.165) is 12.1 Å². The number of guanidine groups is 1. The van der Waals surface area contributed by atoms with E-state index < -0.39 is 30.1 Å². The number of halogens is 3. The molecule has 0 aliphatic carbocycles. The third-order valence-corrected chi connectivity index (χ3v) is 5.44. The Morgan fingerprint density at radius 3 is 2.55 bits per heavy atom. The van der Waals surface area contributed by atoms with Gasteiger partial charge in [0.15, 0.2) is 0 Å². The third kappa shape index (κ3) is 3.74. The van der Waals surface area contributed by atoms with Crippen molar-refractivity contribution in [2.45, 2.75) is 25.5 Å². The van der Waals surface area contributed by atoms with Crippen LogP contribution in [0.4, 0.5) is 18.9 Å². The highest BCUT2D eigenvalue weighted by Crippen LogP contribution is 2.42. The van der Waals surface area contributed by atoms with Crippen molar-refractivity contribution < 1.29 is 27.8 Å². The zero-order valence-electron chi connectivity index (χ0n) is 17.5. The molecule has 11 heteroatoms. The number of nitriles is 1. The number of ether oxygens (including phenoxy) is 1. The second-order valence-electron chi connectivity index (χ2n) is 7.33. The number of carbonyl (C=O) groups is 1. The SMILES string of the molecule is COC(=O)C1=C(C)N(c2cccc(C(F)(F)F)c2)C2=NNC(O)N2C1c1ccc(C#N)cc1. The summed E-state index contributed by atoms with van der Waals surface area (Å²) < 4.78 is 45.0. The Bertz CT molecular complexity index is 1200. The number of aliphatic hydroxyl groups is 1. The van der Waals surface area contributed by atoms with Crippen LogP contribution in [0.5, 0.6) is 0 Å². The number of allylic oxidation sites excluding steroid dienone is 1. The monoisotopic (exact) mass is 457 g/mol. The Morgan fingerprint density at radius 1 is 1.24 bits per heavy atom. The van der Waals surface area contributed by atoms with Crippen LogP contribution in [0.2, 0.25) is 0 Å². The molecule has 2 aromatic carbocycles. The van der Waals surface area contributed by atoms with Gasteiger partial charge >= 0.3 is 12.1 Å². The predicted molar refractivity (Wildman–Crippen MR) is 111 cm³/mol. The van der Waals surface area contributed by atoms with Crippen molar-refractivity contribution in [3.05, 3.63) is 76.5 Å². The normalized spacial score (nSPS) is 20.1. The first-order chi connectivity index (χ1) is 15.7. The van der Waals surface area contributed by atoms with Crippen LogP contribution >= 0.6 is 0 Å². The summed E-state index contributed by atoms with van der Waals surface area (Å²) in [6, 6.07) is 12.1. The van der Waals surface area contributed by atoms with Crippen LogP contribution < -0.4 is 10.3 Å². The quantitative estimate of drug-likeness (QED) is 0.684. The van der Waals surface area contributed by atoms with Crippen molar-refractivity contribution in [1.29, 1.82) is 5.26 Å². The summed E-state index contributed by atoms with van der Waals surface area (Å²) >= 11 is 0.